The van der Waals surface area contributed by atoms with Crippen LogP contribution in [0.5, 0.6) is 0 Å². The van der Waals surface area contributed by atoms with Crippen LogP contribution in [0.2, 0.25) is 5.02 Å². The van der Waals surface area contributed by atoms with Gasteiger partial charge in [-0.1, -0.05) is 11.6 Å². The summed E-state index contributed by atoms with van der Waals surface area (Å²) in [4.78, 5) is 19.0. The van der Waals surface area contributed by atoms with Gasteiger partial charge in [0.25, 0.3) is 0 Å². The Hall–Kier alpha value is -2.64. The number of hydrogen-bond acceptors (Lipinski definition) is 4. The molecule has 0 radical (unpaired) electrons. The van der Waals surface area contributed by atoms with Gasteiger partial charge < -0.3 is 14.8 Å². The Bertz CT molecular complexity index is 998. The van der Waals surface area contributed by atoms with E-state index < -0.39 is 23.6 Å². The molecular formula is C19H19ClFN3O3. The smallest absolute Gasteiger partial charge is 0.412 e. The number of amides is 1. The molecule has 0 fully saturated rings. The highest BCUT2D eigenvalue weighted by atomic mass is 35.5. The minimum atomic E-state index is -1.35. The van der Waals surface area contributed by atoms with Crippen LogP contribution in [0, 0.1) is 5.82 Å². The van der Waals surface area contributed by atoms with Gasteiger partial charge >= 0.3 is 6.09 Å². The maximum atomic E-state index is 15.0. The van der Waals surface area contributed by atoms with Gasteiger partial charge in [0.15, 0.2) is 5.82 Å². The highest BCUT2D eigenvalue weighted by Crippen LogP contribution is 2.36. The molecule has 0 aliphatic carbocycles. The third-order valence-corrected chi connectivity index (χ3v) is 4.14. The second-order valence-electron chi connectivity index (χ2n) is 7.00. The van der Waals surface area contributed by atoms with Crippen LogP contribution in [0.1, 0.15) is 38.0 Å². The number of aromatic nitrogens is 2. The van der Waals surface area contributed by atoms with Crippen LogP contribution in [0.3, 0.4) is 0 Å². The van der Waals surface area contributed by atoms with Crippen molar-refractivity contribution in [1.82, 2.24) is 9.97 Å². The van der Waals surface area contributed by atoms with Crippen molar-refractivity contribution in [3.63, 3.8) is 0 Å². The number of nitrogens with zero attached hydrogens (tertiary/aromatic N) is 1. The number of pyridine rings is 1. The van der Waals surface area contributed by atoms with E-state index in [0.717, 1.165) is 0 Å². The Balaban J connectivity index is 1.97. The van der Waals surface area contributed by atoms with E-state index in [1.807, 2.05) is 0 Å². The van der Waals surface area contributed by atoms with Crippen LogP contribution >= 0.6 is 11.6 Å². The van der Waals surface area contributed by atoms with E-state index in [4.69, 9.17) is 16.3 Å². The van der Waals surface area contributed by atoms with Crippen LogP contribution in [-0.2, 0) is 4.74 Å². The Morgan fingerprint density at radius 3 is 2.81 bits per heavy atom. The van der Waals surface area contributed by atoms with Gasteiger partial charge in [0.05, 0.1) is 5.69 Å². The number of carbonyl (C=O) groups is 1. The maximum absolute atomic E-state index is 15.0. The Morgan fingerprint density at radius 2 is 2.11 bits per heavy atom. The number of hydrogen-bond donors (Lipinski definition) is 3. The summed E-state index contributed by atoms with van der Waals surface area (Å²) in [6, 6.07) is 6.19. The largest absolute Gasteiger partial charge is 0.444 e. The van der Waals surface area contributed by atoms with Gasteiger partial charge in [0.1, 0.15) is 17.4 Å². The molecule has 8 heteroatoms. The lowest BCUT2D eigenvalue weighted by Crippen LogP contribution is -2.27. The molecule has 3 rings (SSSR count). The molecule has 27 heavy (non-hydrogen) atoms. The summed E-state index contributed by atoms with van der Waals surface area (Å²) in [6.45, 7) is 5.10. The zero-order valence-corrected chi connectivity index (χ0v) is 15.8. The Kier molecular flexibility index (Phi) is 5.08. The molecule has 0 saturated carbocycles. The normalized spacial score (nSPS) is 12.8. The number of fused-ring (bicyclic) bond motifs is 1. The van der Waals surface area contributed by atoms with Crippen molar-refractivity contribution < 1.29 is 19.0 Å². The number of halogens is 2. The van der Waals surface area contributed by atoms with Gasteiger partial charge in [-0.25, -0.2) is 14.2 Å². The summed E-state index contributed by atoms with van der Waals surface area (Å²) in [5, 5.41) is 13.8. The van der Waals surface area contributed by atoms with E-state index in [-0.39, 0.29) is 16.3 Å². The molecule has 3 aromatic rings. The first kappa shape index (κ1) is 19.1. The molecular weight excluding hydrogens is 373 g/mol. The summed E-state index contributed by atoms with van der Waals surface area (Å²) in [7, 11) is 0. The van der Waals surface area contributed by atoms with E-state index in [1.54, 1.807) is 45.3 Å². The van der Waals surface area contributed by atoms with E-state index in [0.29, 0.717) is 16.6 Å². The Labute approximate surface area is 160 Å². The number of aliphatic hydroxyl groups excluding tert-OH is 1. The third-order valence-electron chi connectivity index (χ3n) is 3.81. The van der Waals surface area contributed by atoms with Crippen molar-refractivity contribution in [2.75, 3.05) is 5.32 Å². The van der Waals surface area contributed by atoms with Crippen LogP contribution in [0.4, 0.5) is 14.9 Å². The average Bonchev–Trinajstić information content (AvgIpc) is 3.00. The molecule has 1 amide bonds. The van der Waals surface area contributed by atoms with E-state index in [9.17, 15) is 9.90 Å². The van der Waals surface area contributed by atoms with Gasteiger partial charge in [0, 0.05) is 33.9 Å². The predicted molar refractivity (Wildman–Crippen MR) is 101 cm³/mol. The van der Waals surface area contributed by atoms with Gasteiger partial charge in [-0.15, -0.1) is 0 Å². The van der Waals surface area contributed by atoms with Crippen molar-refractivity contribution in [2.24, 2.45) is 0 Å². The molecule has 2 aromatic heterocycles. The summed E-state index contributed by atoms with van der Waals surface area (Å²) in [6.07, 6.45) is 0.997. The number of ether oxygens (including phenoxy) is 1. The number of nitrogens with one attached hydrogen (secondary N) is 2. The summed E-state index contributed by atoms with van der Waals surface area (Å²) in [5.41, 5.74) is -0.0260. The third kappa shape index (κ3) is 4.04. The van der Waals surface area contributed by atoms with Gasteiger partial charge in [-0.3, -0.25) is 5.32 Å². The number of aromatic amines is 1. The number of H-pyrrole nitrogens is 1. The Morgan fingerprint density at radius 1 is 1.37 bits per heavy atom. The lowest BCUT2D eigenvalue weighted by atomic mass is 10.0. The minimum Gasteiger partial charge on any atom is -0.444 e. The zero-order chi connectivity index (χ0) is 19.8. The molecule has 0 saturated heterocycles. The van der Waals surface area contributed by atoms with Crippen molar-refractivity contribution in [1.29, 1.82) is 0 Å². The van der Waals surface area contributed by atoms with Gasteiger partial charge in [-0.05, 0) is 45.0 Å². The first-order valence-electron chi connectivity index (χ1n) is 8.25. The number of carbonyl (C=O) groups excluding carboxylic acids is 1. The SMILES string of the molecule is CC(C)(C)OC(=O)Nc1ccc(Cl)c(C(O)c2c[nH]c3ncccc23)c1F. The van der Waals surface area contributed by atoms with Crippen LogP contribution < -0.4 is 5.32 Å². The fourth-order valence-corrected chi connectivity index (χ4v) is 2.94. The number of benzene rings is 1. The second kappa shape index (κ2) is 7.17. The van der Waals surface area contributed by atoms with Gasteiger partial charge in [0.2, 0.25) is 0 Å². The number of rotatable bonds is 3. The molecule has 1 aromatic carbocycles. The quantitative estimate of drug-likeness (QED) is 0.599. The monoisotopic (exact) mass is 391 g/mol. The molecule has 0 aliphatic heterocycles. The van der Waals surface area contributed by atoms with Gasteiger partial charge in [-0.2, -0.15) is 0 Å². The molecule has 6 nitrogen and oxygen atoms in total. The van der Waals surface area contributed by atoms with E-state index in [1.165, 1.54) is 12.1 Å². The fraction of sp³-hybridized carbons (Fsp3) is 0.263. The van der Waals surface area contributed by atoms with Crippen molar-refractivity contribution in [3.05, 3.63) is 58.6 Å². The van der Waals surface area contributed by atoms with Crippen LogP contribution in [0.25, 0.3) is 11.0 Å². The molecule has 3 N–H and O–H groups in total. The molecule has 142 valence electrons. The fourth-order valence-electron chi connectivity index (χ4n) is 2.69. The zero-order valence-electron chi connectivity index (χ0n) is 15.0. The standard InChI is InChI=1S/C19H19ClFN3O3/c1-19(2,3)27-18(26)24-13-7-6-12(20)14(15(13)21)16(25)11-9-23-17-10(11)5-4-8-22-17/h4-9,16,25H,1-3H3,(H,22,23)(H,24,26). The number of anilines is 1. The predicted octanol–water partition coefficient (Wildman–Crippen LogP) is 4.78. The molecule has 0 aliphatic rings. The molecule has 1 atom stereocenters. The molecule has 0 bridgehead atoms. The van der Waals surface area contributed by atoms with Crippen molar-refractivity contribution in [2.45, 2.75) is 32.5 Å². The van der Waals surface area contributed by atoms with Crippen LogP contribution in [-0.4, -0.2) is 26.8 Å². The first-order valence-corrected chi connectivity index (χ1v) is 8.63. The molecule has 1 unspecified atom stereocenters. The van der Waals surface area contributed by atoms with Crippen molar-refractivity contribution in [3.8, 4) is 0 Å². The minimum absolute atomic E-state index is 0.0352. The topological polar surface area (TPSA) is 87.2 Å². The first-order chi connectivity index (χ1) is 12.7. The number of aliphatic hydroxyl groups is 1. The second-order valence-corrected chi connectivity index (χ2v) is 7.40. The maximum Gasteiger partial charge on any atom is 0.412 e. The lowest BCUT2D eigenvalue weighted by Gasteiger charge is -2.21. The molecule has 2 heterocycles. The molecule has 0 spiro atoms. The summed E-state index contributed by atoms with van der Waals surface area (Å²) in [5.74, 6) is -0.834. The van der Waals surface area contributed by atoms with Crippen LogP contribution in [0.15, 0.2) is 36.7 Å². The van der Waals surface area contributed by atoms with E-state index in [2.05, 4.69) is 15.3 Å². The van der Waals surface area contributed by atoms with Crippen molar-refractivity contribution >= 4 is 34.4 Å². The average molecular weight is 392 g/mol. The highest BCUT2D eigenvalue weighted by Gasteiger charge is 2.25. The van der Waals surface area contributed by atoms with E-state index >= 15 is 4.39 Å². The highest BCUT2D eigenvalue weighted by molar-refractivity contribution is 6.31. The summed E-state index contributed by atoms with van der Waals surface area (Å²) < 4.78 is 20.2. The summed E-state index contributed by atoms with van der Waals surface area (Å²) >= 11 is 6.14. The lowest BCUT2D eigenvalue weighted by molar-refractivity contribution is 0.0635.